The standard InChI is InChI=1S/C15H20BrFN4/c1-3-7-18-15(12-9-11(17)5-6-13(12)16)14-10-19-20-21(14)8-4-2/h5-6,9-10,15,18H,3-4,7-8H2,1-2H3. The molecule has 0 spiro atoms. The van der Waals surface area contributed by atoms with Crippen molar-refractivity contribution in [3.8, 4) is 0 Å². The summed E-state index contributed by atoms with van der Waals surface area (Å²) in [5, 5.41) is 11.6. The Morgan fingerprint density at radius 2 is 2.14 bits per heavy atom. The molecular formula is C15H20BrFN4. The van der Waals surface area contributed by atoms with Gasteiger partial charge in [-0.25, -0.2) is 9.07 Å². The summed E-state index contributed by atoms with van der Waals surface area (Å²) in [7, 11) is 0. The maximum Gasteiger partial charge on any atom is 0.123 e. The van der Waals surface area contributed by atoms with Gasteiger partial charge in [0.2, 0.25) is 0 Å². The lowest BCUT2D eigenvalue weighted by atomic mass is 10.0. The normalized spacial score (nSPS) is 12.6. The van der Waals surface area contributed by atoms with Gasteiger partial charge in [0.25, 0.3) is 0 Å². The van der Waals surface area contributed by atoms with Crippen molar-refractivity contribution in [2.45, 2.75) is 39.3 Å². The van der Waals surface area contributed by atoms with Crippen LogP contribution in [0.1, 0.15) is 44.0 Å². The van der Waals surface area contributed by atoms with Gasteiger partial charge < -0.3 is 5.32 Å². The molecule has 1 aromatic carbocycles. The number of hydrogen-bond donors (Lipinski definition) is 1. The van der Waals surface area contributed by atoms with E-state index in [2.05, 4.69) is 45.4 Å². The highest BCUT2D eigenvalue weighted by Gasteiger charge is 2.21. The van der Waals surface area contributed by atoms with E-state index in [1.165, 1.54) is 6.07 Å². The fourth-order valence-electron chi connectivity index (χ4n) is 2.27. The number of nitrogens with zero attached hydrogens (tertiary/aromatic N) is 3. The van der Waals surface area contributed by atoms with E-state index in [-0.39, 0.29) is 11.9 Å². The van der Waals surface area contributed by atoms with Gasteiger partial charge in [0.1, 0.15) is 5.82 Å². The zero-order chi connectivity index (χ0) is 15.2. The van der Waals surface area contributed by atoms with Crippen molar-refractivity contribution in [3.05, 3.63) is 45.9 Å². The van der Waals surface area contributed by atoms with Gasteiger partial charge in [-0.05, 0) is 43.1 Å². The number of halogens is 2. The fraction of sp³-hybridized carbons (Fsp3) is 0.467. The van der Waals surface area contributed by atoms with Crippen LogP contribution in [-0.4, -0.2) is 21.5 Å². The van der Waals surface area contributed by atoms with E-state index in [1.54, 1.807) is 18.3 Å². The lowest BCUT2D eigenvalue weighted by Gasteiger charge is -2.21. The van der Waals surface area contributed by atoms with Crippen LogP contribution in [0.4, 0.5) is 4.39 Å². The average molecular weight is 355 g/mol. The fourth-order valence-corrected chi connectivity index (χ4v) is 2.75. The molecule has 6 heteroatoms. The van der Waals surface area contributed by atoms with Crippen LogP contribution < -0.4 is 5.32 Å². The zero-order valence-electron chi connectivity index (χ0n) is 12.3. The third-order valence-electron chi connectivity index (χ3n) is 3.25. The van der Waals surface area contributed by atoms with Gasteiger partial charge >= 0.3 is 0 Å². The number of nitrogens with one attached hydrogen (secondary N) is 1. The van der Waals surface area contributed by atoms with E-state index in [0.29, 0.717) is 0 Å². The van der Waals surface area contributed by atoms with E-state index in [0.717, 1.165) is 41.7 Å². The van der Waals surface area contributed by atoms with Crippen molar-refractivity contribution in [1.82, 2.24) is 20.3 Å². The number of aryl methyl sites for hydroxylation is 1. The van der Waals surface area contributed by atoms with Gasteiger partial charge in [0.15, 0.2) is 0 Å². The van der Waals surface area contributed by atoms with Crippen LogP contribution in [-0.2, 0) is 6.54 Å². The smallest absolute Gasteiger partial charge is 0.123 e. The second-order valence-electron chi connectivity index (χ2n) is 4.93. The van der Waals surface area contributed by atoms with Crippen LogP contribution >= 0.6 is 15.9 Å². The molecule has 0 bridgehead atoms. The first kappa shape index (κ1) is 16.1. The average Bonchev–Trinajstić information content (AvgIpc) is 2.92. The Labute approximate surface area is 132 Å². The molecule has 0 amide bonds. The Morgan fingerprint density at radius 3 is 2.86 bits per heavy atom. The first-order chi connectivity index (χ1) is 10.2. The van der Waals surface area contributed by atoms with E-state index < -0.39 is 0 Å². The summed E-state index contributed by atoms with van der Waals surface area (Å²) in [6.45, 7) is 5.84. The first-order valence-corrected chi connectivity index (χ1v) is 8.03. The molecule has 0 saturated heterocycles. The lowest BCUT2D eigenvalue weighted by Crippen LogP contribution is -2.26. The Hall–Kier alpha value is -1.27. The molecule has 1 N–H and O–H groups in total. The van der Waals surface area contributed by atoms with Crippen LogP contribution in [0.25, 0.3) is 0 Å². The summed E-state index contributed by atoms with van der Waals surface area (Å²) in [6.07, 6.45) is 3.72. The predicted molar refractivity (Wildman–Crippen MR) is 84.5 cm³/mol. The van der Waals surface area contributed by atoms with Crippen molar-refractivity contribution < 1.29 is 4.39 Å². The highest BCUT2D eigenvalue weighted by atomic mass is 79.9. The van der Waals surface area contributed by atoms with Crippen LogP contribution in [0.2, 0.25) is 0 Å². The van der Waals surface area contributed by atoms with Crippen LogP contribution in [0.15, 0.2) is 28.9 Å². The minimum atomic E-state index is -0.244. The monoisotopic (exact) mass is 354 g/mol. The predicted octanol–water partition coefficient (Wildman–Crippen LogP) is 3.68. The van der Waals surface area contributed by atoms with Crippen molar-refractivity contribution in [3.63, 3.8) is 0 Å². The minimum Gasteiger partial charge on any atom is -0.305 e. The van der Waals surface area contributed by atoms with E-state index >= 15 is 0 Å². The molecule has 0 aliphatic heterocycles. The topological polar surface area (TPSA) is 42.7 Å². The van der Waals surface area contributed by atoms with Crippen molar-refractivity contribution in [2.75, 3.05) is 6.54 Å². The third-order valence-corrected chi connectivity index (χ3v) is 3.97. The second kappa shape index (κ2) is 7.66. The number of rotatable bonds is 7. The molecule has 1 atom stereocenters. The molecule has 21 heavy (non-hydrogen) atoms. The van der Waals surface area contributed by atoms with Gasteiger partial charge in [-0.3, -0.25) is 0 Å². The molecule has 0 saturated carbocycles. The molecule has 2 aromatic rings. The molecule has 1 aromatic heterocycles. The number of hydrogen-bond acceptors (Lipinski definition) is 3. The highest BCUT2D eigenvalue weighted by molar-refractivity contribution is 9.10. The molecule has 0 aliphatic carbocycles. The molecule has 0 fully saturated rings. The Morgan fingerprint density at radius 1 is 1.33 bits per heavy atom. The SMILES string of the molecule is CCCNC(c1cc(F)ccc1Br)c1cnnn1CCC. The Kier molecular flexibility index (Phi) is 5.87. The van der Waals surface area contributed by atoms with Crippen molar-refractivity contribution in [1.29, 1.82) is 0 Å². The molecule has 1 heterocycles. The minimum absolute atomic E-state index is 0.128. The van der Waals surface area contributed by atoms with Gasteiger partial charge in [-0.2, -0.15) is 0 Å². The van der Waals surface area contributed by atoms with Crippen molar-refractivity contribution in [2.24, 2.45) is 0 Å². The van der Waals surface area contributed by atoms with Crippen LogP contribution in [0.5, 0.6) is 0 Å². The Bertz CT molecular complexity index is 585. The molecule has 2 rings (SSSR count). The van der Waals surface area contributed by atoms with E-state index in [4.69, 9.17) is 0 Å². The lowest BCUT2D eigenvalue weighted by molar-refractivity contribution is 0.501. The molecule has 114 valence electrons. The molecule has 0 aliphatic rings. The van der Waals surface area contributed by atoms with Gasteiger partial charge in [0.05, 0.1) is 17.9 Å². The number of aromatic nitrogens is 3. The molecule has 4 nitrogen and oxygen atoms in total. The highest BCUT2D eigenvalue weighted by Crippen LogP contribution is 2.29. The second-order valence-corrected chi connectivity index (χ2v) is 5.79. The summed E-state index contributed by atoms with van der Waals surface area (Å²) in [5.41, 5.74) is 1.82. The van der Waals surface area contributed by atoms with E-state index in [1.807, 2.05) is 4.68 Å². The first-order valence-electron chi connectivity index (χ1n) is 7.24. The maximum atomic E-state index is 13.6. The molecular weight excluding hydrogens is 335 g/mol. The van der Waals surface area contributed by atoms with Gasteiger partial charge in [-0.15, -0.1) is 5.10 Å². The Balaban J connectivity index is 2.42. The molecule has 1 unspecified atom stereocenters. The maximum absolute atomic E-state index is 13.6. The van der Waals surface area contributed by atoms with Crippen LogP contribution in [0.3, 0.4) is 0 Å². The quantitative estimate of drug-likeness (QED) is 0.824. The zero-order valence-corrected chi connectivity index (χ0v) is 13.9. The van der Waals surface area contributed by atoms with Gasteiger partial charge in [0, 0.05) is 11.0 Å². The summed E-state index contributed by atoms with van der Waals surface area (Å²) in [6, 6.07) is 4.61. The summed E-state index contributed by atoms with van der Waals surface area (Å²) in [4.78, 5) is 0. The molecule has 0 radical (unpaired) electrons. The van der Waals surface area contributed by atoms with Crippen molar-refractivity contribution >= 4 is 15.9 Å². The summed E-state index contributed by atoms with van der Waals surface area (Å²) in [5.74, 6) is -0.244. The largest absolute Gasteiger partial charge is 0.305 e. The van der Waals surface area contributed by atoms with Gasteiger partial charge in [-0.1, -0.05) is 35.0 Å². The van der Waals surface area contributed by atoms with Crippen LogP contribution in [0, 0.1) is 5.82 Å². The summed E-state index contributed by atoms with van der Waals surface area (Å²) < 4.78 is 16.4. The number of benzene rings is 1. The summed E-state index contributed by atoms with van der Waals surface area (Å²) >= 11 is 3.52. The third kappa shape index (κ3) is 3.89. The van der Waals surface area contributed by atoms with E-state index in [9.17, 15) is 4.39 Å².